The van der Waals surface area contributed by atoms with Gasteiger partial charge in [0.25, 0.3) is 5.91 Å². The van der Waals surface area contributed by atoms with Crippen molar-refractivity contribution in [1.82, 2.24) is 19.0 Å². The van der Waals surface area contributed by atoms with Crippen molar-refractivity contribution >= 4 is 33.5 Å². The molecule has 1 aromatic heterocycles. The number of nitrogens with zero attached hydrogens (tertiary/aromatic N) is 4. The number of likely N-dealkylation sites (tertiary alicyclic amines) is 1. The van der Waals surface area contributed by atoms with Crippen molar-refractivity contribution in [2.45, 2.75) is 50.6 Å². The topological polar surface area (TPSA) is 154 Å². The van der Waals surface area contributed by atoms with E-state index in [0.29, 0.717) is 43.0 Å². The van der Waals surface area contributed by atoms with Crippen molar-refractivity contribution in [3.8, 4) is 5.75 Å². The first kappa shape index (κ1) is 38.1. The smallest absolute Gasteiger partial charge is 0.435 e. The van der Waals surface area contributed by atoms with Crippen LogP contribution in [0.25, 0.3) is 0 Å². The third kappa shape index (κ3) is 9.59. The summed E-state index contributed by atoms with van der Waals surface area (Å²) in [5.41, 5.74) is 1.22. The number of anilines is 2. The molecule has 0 spiro atoms. The average molecular weight is 735 g/mol. The SMILES string of the molecule is CCOCCOC(=O)n1nc(NC(=O)c2ccc(OCCN3CCCC3)cc2N[C@H](C)COC)c2c1CCN(S(=O)(=O)c1cc(F)cc(F)c1)C2. The van der Waals surface area contributed by atoms with E-state index >= 15 is 0 Å². The summed E-state index contributed by atoms with van der Waals surface area (Å²) in [5, 5.41) is 10.4. The van der Waals surface area contributed by atoms with E-state index in [2.05, 4.69) is 20.6 Å². The zero-order valence-corrected chi connectivity index (χ0v) is 29.8. The zero-order valence-electron chi connectivity index (χ0n) is 29.0. The van der Waals surface area contributed by atoms with Crippen molar-refractivity contribution in [2.24, 2.45) is 0 Å². The molecule has 0 radical (unpaired) electrons. The van der Waals surface area contributed by atoms with Gasteiger partial charge in [-0.25, -0.2) is 22.0 Å². The van der Waals surface area contributed by atoms with Gasteiger partial charge in [-0.15, -0.1) is 5.10 Å². The number of carbonyl (C=O) groups excluding carboxylic acids is 2. The number of rotatable bonds is 16. The van der Waals surface area contributed by atoms with E-state index in [4.69, 9.17) is 18.9 Å². The lowest BCUT2D eigenvalue weighted by atomic mass is 10.1. The van der Waals surface area contributed by atoms with Crippen molar-refractivity contribution < 1.29 is 45.7 Å². The lowest BCUT2D eigenvalue weighted by molar-refractivity contribution is 0.0777. The normalized spacial score (nSPS) is 15.7. The Kier molecular flexibility index (Phi) is 13.0. The van der Waals surface area contributed by atoms with Gasteiger partial charge in [0.1, 0.15) is 30.6 Å². The Hall–Kier alpha value is -4.16. The minimum atomic E-state index is -4.39. The molecular formula is C34H44F2N6O8S. The van der Waals surface area contributed by atoms with E-state index in [1.54, 1.807) is 32.2 Å². The number of carbonyl (C=O) groups is 2. The molecule has 5 rings (SSSR count). The molecular weight excluding hydrogens is 690 g/mol. The summed E-state index contributed by atoms with van der Waals surface area (Å²) in [7, 11) is -2.82. The standard InChI is InChI=1S/C34H44F2N6O8S/c1-4-48-15-16-50-34(44)42-31-9-12-41(51(45,46)27-18-24(35)17-25(36)19-27)21-29(31)32(39-42)38-33(43)28-8-7-26(20-30(28)37-23(2)22-47-3)49-14-13-40-10-5-6-11-40/h7-8,17-20,23,37H,4-6,9-16,21-22H2,1-3H3,(H,38,39,43)/t23-/m1/s1. The number of sulfonamides is 1. The molecule has 2 aliphatic rings. The van der Waals surface area contributed by atoms with Gasteiger partial charge in [-0.2, -0.15) is 8.99 Å². The molecule has 17 heteroatoms. The molecule has 0 saturated carbocycles. The van der Waals surface area contributed by atoms with Crippen LogP contribution in [0.1, 0.15) is 48.3 Å². The minimum Gasteiger partial charge on any atom is -0.492 e. The van der Waals surface area contributed by atoms with Gasteiger partial charge in [0.15, 0.2) is 5.82 Å². The Balaban J connectivity index is 1.43. The summed E-state index contributed by atoms with van der Waals surface area (Å²) >= 11 is 0. The number of amides is 1. The van der Waals surface area contributed by atoms with Crippen molar-refractivity contribution in [3.05, 3.63) is 64.9 Å². The molecule has 3 heterocycles. The first-order valence-corrected chi connectivity index (χ1v) is 18.3. The van der Waals surface area contributed by atoms with Crippen LogP contribution in [0.2, 0.25) is 0 Å². The summed E-state index contributed by atoms with van der Waals surface area (Å²) < 4.78 is 78.9. The monoisotopic (exact) mass is 734 g/mol. The highest BCUT2D eigenvalue weighted by atomic mass is 32.2. The van der Waals surface area contributed by atoms with Crippen molar-refractivity contribution in [1.29, 1.82) is 0 Å². The Morgan fingerprint density at radius 1 is 1.02 bits per heavy atom. The quantitative estimate of drug-likeness (QED) is 0.205. The van der Waals surface area contributed by atoms with Crippen LogP contribution in [0.5, 0.6) is 5.75 Å². The van der Waals surface area contributed by atoms with Crippen LogP contribution in [0.3, 0.4) is 0 Å². The van der Waals surface area contributed by atoms with Crippen LogP contribution in [0.4, 0.5) is 25.1 Å². The van der Waals surface area contributed by atoms with E-state index in [0.717, 1.165) is 40.8 Å². The average Bonchev–Trinajstić information content (AvgIpc) is 3.74. The van der Waals surface area contributed by atoms with Crippen LogP contribution in [-0.2, 0) is 37.2 Å². The molecule has 1 fully saturated rings. The molecule has 2 aromatic carbocycles. The van der Waals surface area contributed by atoms with Crippen LogP contribution in [0, 0.1) is 11.6 Å². The van der Waals surface area contributed by atoms with E-state index in [1.165, 1.54) is 12.8 Å². The highest BCUT2D eigenvalue weighted by Crippen LogP contribution is 2.32. The molecule has 0 aliphatic carbocycles. The second kappa shape index (κ2) is 17.4. The predicted octanol–water partition coefficient (Wildman–Crippen LogP) is 4.10. The summed E-state index contributed by atoms with van der Waals surface area (Å²) in [6.07, 6.45) is 1.49. The molecule has 278 valence electrons. The van der Waals surface area contributed by atoms with Crippen LogP contribution >= 0.6 is 0 Å². The zero-order chi connectivity index (χ0) is 36.5. The Bertz CT molecular complexity index is 1780. The molecule has 51 heavy (non-hydrogen) atoms. The van der Waals surface area contributed by atoms with E-state index in [1.807, 2.05) is 6.92 Å². The minimum absolute atomic E-state index is 0.0133. The van der Waals surface area contributed by atoms with Gasteiger partial charge in [-0.1, -0.05) is 0 Å². The maximum atomic E-state index is 14.0. The van der Waals surface area contributed by atoms with Gasteiger partial charge >= 0.3 is 6.09 Å². The molecule has 1 atom stereocenters. The highest BCUT2D eigenvalue weighted by Gasteiger charge is 2.35. The highest BCUT2D eigenvalue weighted by molar-refractivity contribution is 7.89. The fourth-order valence-electron chi connectivity index (χ4n) is 6.03. The summed E-state index contributed by atoms with van der Waals surface area (Å²) in [6, 6.07) is 6.86. The van der Waals surface area contributed by atoms with Crippen LogP contribution < -0.4 is 15.4 Å². The number of methoxy groups -OCH3 is 1. The Morgan fingerprint density at radius 3 is 2.47 bits per heavy atom. The number of aromatic nitrogens is 2. The third-order valence-corrected chi connectivity index (χ3v) is 10.3. The van der Waals surface area contributed by atoms with Gasteiger partial charge in [-0.3, -0.25) is 9.69 Å². The molecule has 1 amide bonds. The second-order valence-electron chi connectivity index (χ2n) is 12.3. The molecule has 0 bridgehead atoms. The number of nitrogens with one attached hydrogen (secondary N) is 2. The first-order chi connectivity index (χ1) is 24.5. The molecule has 14 nitrogen and oxygen atoms in total. The van der Waals surface area contributed by atoms with Crippen LogP contribution in [0.15, 0.2) is 41.3 Å². The Labute approximate surface area is 296 Å². The Morgan fingerprint density at radius 2 is 1.76 bits per heavy atom. The number of fused-ring (bicyclic) bond motifs is 1. The summed E-state index contributed by atoms with van der Waals surface area (Å²) in [6.45, 7) is 7.42. The summed E-state index contributed by atoms with van der Waals surface area (Å²) in [4.78, 5) is 28.8. The lowest BCUT2D eigenvalue weighted by Crippen LogP contribution is -2.37. The maximum absolute atomic E-state index is 14.0. The summed E-state index contributed by atoms with van der Waals surface area (Å²) in [5.74, 6) is -2.22. The molecule has 2 N–H and O–H groups in total. The number of ether oxygens (including phenoxy) is 4. The second-order valence-corrected chi connectivity index (χ2v) is 14.2. The van der Waals surface area contributed by atoms with Gasteiger partial charge in [0.05, 0.1) is 35.1 Å². The van der Waals surface area contributed by atoms with E-state index in [-0.39, 0.29) is 55.7 Å². The van der Waals surface area contributed by atoms with E-state index < -0.39 is 38.6 Å². The van der Waals surface area contributed by atoms with Gasteiger partial charge in [0, 0.05) is 63.5 Å². The first-order valence-electron chi connectivity index (χ1n) is 16.9. The maximum Gasteiger partial charge on any atom is 0.435 e. The number of hydrogen-bond donors (Lipinski definition) is 2. The molecule has 2 aliphatic heterocycles. The number of hydrogen-bond acceptors (Lipinski definition) is 11. The van der Waals surface area contributed by atoms with Crippen LogP contribution in [-0.4, -0.2) is 112 Å². The predicted molar refractivity (Wildman–Crippen MR) is 184 cm³/mol. The van der Waals surface area contributed by atoms with Gasteiger partial charge < -0.3 is 29.6 Å². The fourth-order valence-corrected chi connectivity index (χ4v) is 7.48. The molecule has 1 saturated heterocycles. The van der Waals surface area contributed by atoms with Gasteiger partial charge in [-0.05, 0) is 64.0 Å². The number of halogens is 2. The third-order valence-electron chi connectivity index (χ3n) is 8.49. The fraction of sp³-hybridized carbons (Fsp3) is 0.500. The molecule has 3 aromatic rings. The largest absolute Gasteiger partial charge is 0.492 e. The van der Waals surface area contributed by atoms with E-state index in [9.17, 15) is 26.8 Å². The number of benzene rings is 2. The lowest BCUT2D eigenvalue weighted by Gasteiger charge is -2.27. The van der Waals surface area contributed by atoms with Crippen molar-refractivity contribution in [2.75, 3.05) is 77.0 Å². The molecule has 0 unspecified atom stereocenters. The van der Waals surface area contributed by atoms with Crippen molar-refractivity contribution in [3.63, 3.8) is 0 Å². The van der Waals surface area contributed by atoms with Gasteiger partial charge in [0.2, 0.25) is 10.0 Å².